The minimum atomic E-state index is 0.970. The molecule has 0 unspecified atom stereocenters. The van der Waals surface area contributed by atoms with E-state index in [1.54, 1.807) is 0 Å². The molecule has 0 fully saturated rings. The molecule has 16 heavy (non-hydrogen) atoms. The molecular weight excluding hydrogens is 196 g/mol. The summed E-state index contributed by atoms with van der Waals surface area (Å²) >= 11 is 0. The van der Waals surface area contributed by atoms with E-state index in [0.717, 1.165) is 13.1 Å². The summed E-state index contributed by atoms with van der Waals surface area (Å²) in [7, 11) is 0. The molecule has 0 amide bonds. The molecular formula is C14H32N2. The van der Waals surface area contributed by atoms with Crippen LogP contribution in [0.3, 0.4) is 0 Å². The predicted octanol–water partition coefficient (Wildman–Crippen LogP) is 4.10. The molecule has 0 saturated carbocycles. The van der Waals surface area contributed by atoms with Crippen molar-refractivity contribution in [1.29, 1.82) is 0 Å². The fraction of sp³-hybridized carbons (Fsp3) is 1.00. The summed E-state index contributed by atoms with van der Waals surface area (Å²) in [5.74, 6) is 5.72. The van der Waals surface area contributed by atoms with Crippen molar-refractivity contribution in [3.8, 4) is 0 Å². The summed E-state index contributed by atoms with van der Waals surface area (Å²) in [6.07, 6.45) is 14.0. The maximum atomic E-state index is 5.72. The van der Waals surface area contributed by atoms with Crippen molar-refractivity contribution >= 4 is 0 Å². The molecule has 0 aromatic carbocycles. The molecule has 0 aromatic heterocycles. The lowest BCUT2D eigenvalue weighted by molar-refractivity contribution is 0.290. The summed E-state index contributed by atoms with van der Waals surface area (Å²) in [4.78, 5) is 0. The van der Waals surface area contributed by atoms with Crippen LogP contribution < -0.4 is 5.84 Å². The number of hydrazine groups is 1. The number of hydrogen-bond acceptors (Lipinski definition) is 2. The van der Waals surface area contributed by atoms with Gasteiger partial charge in [-0.3, -0.25) is 5.84 Å². The van der Waals surface area contributed by atoms with Crippen molar-refractivity contribution in [2.75, 3.05) is 13.1 Å². The van der Waals surface area contributed by atoms with E-state index < -0.39 is 0 Å². The average molecular weight is 228 g/mol. The summed E-state index contributed by atoms with van der Waals surface area (Å²) < 4.78 is 0. The Morgan fingerprint density at radius 3 is 1.56 bits per heavy atom. The van der Waals surface area contributed by atoms with Crippen LogP contribution in [0.5, 0.6) is 0 Å². The summed E-state index contributed by atoms with van der Waals surface area (Å²) in [6, 6.07) is 0. The summed E-state index contributed by atoms with van der Waals surface area (Å²) in [5.41, 5.74) is 0. The Morgan fingerprint density at radius 1 is 0.688 bits per heavy atom. The first-order valence-corrected chi connectivity index (χ1v) is 7.30. The van der Waals surface area contributed by atoms with E-state index in [0.29, 0.717) is 0 Å². The zero-order valence-electron chi connectivity index (χ0n) is 11.5. The molecule has 0 aliphatic carbocycles. The molecule has 0 aliphatic rings. The smallest absolute Gasteiger partial charge is 0.0128 e. The monoisotopic (exact) mass is 228 g/mol. The van der Waals surface area contributed by atoms with Gasteiger partial charge in [0, 0.05) is 13.1 Å². The largest absolute Gasteiger partial charge is 0.269 e. The van der Waals surface area contributed by atoms with Crippen LogP contribution in [0.4, 0.5) is 0 Å². The molecule has 0 aliphatic heterocycles. The van der Waals surface area contributed by atoms with Gasteiger partial charge in [0.15, 0.2) is 0 Å². The fourth-order valence-electron chi connectivity index (χ4n) is 1.96. The quantitative estimate of drug-likeness (QED) is 0.309. The number of unbranched alkanes of at least 4 members (excludes halogenated alkanes) is 9. The number of nitrogens with zero attached hydrogens (tertiary/aromatic N) is 1. The van der Waals surface area contributed by atoms with Crippen molar-refractivity contribution in [1.82, 2.24) is 5.01 Å². The molecule has 0 heterocycles. The minimum Gasteiger partial charge on any atom is -0.269 e. The Hall–Kier alpha value is -0.0800. The minimum absolute atomic E-state index is 0.970. The first kappa shape index (κ1) is 15.9. The highest BCUT2D eigenvalue weighted by Gasteiger charge is 1.95. The highest BCUT2D eigenvalue weighted by atomic mass is 15.4. The lowest BCUT2D eigenvalue weighted by atomic mass is 10.1. The van der Waals surface area contributed by atoms with E-state index in [1.807, 2.05) is 5.01 Å². The lowest BCUT2D eigenvalue weighted by Gasteiger charge is -2.12. The third-order valence-corrected chi connectivity index (χ3v) is 3.21. The van der Waals surface area contributed by atoms with Gasteiger partial charge in [0.1, 0.15) is 0 Å². The van der Waals surface area contributed by atoms with Crippen LogP contribution in [-0.2, 0) is 0 Å². The van der Waals surface area contributed by atoms with E-state index in [9.17, 15) is 0 Å². The van der Waals surface area contributed by atoms with Crippen molar-refractivity contribution < 1.29 is 0 Å². The van der Waals surface area contributed by atoms with E-state index >= 15 is 0 Å². The second kappa shape index (κ2) is 13.0. The first-order valence-electron chi connectivity index (χ1n) is 7.30. The molecule has 0 bridgehead atoms. The molecule has 98 valence electrons. The van der Waals surface area contributed by atoms with E-state index in [1.165, 1.54) is 64.2 Å². The van der Waals surface area contributed by atoms with Gasteiger partial charge in [-0.1, -0.05) is 71.6 Å². The standard InChI is InChI=1S/C14H32N2/c1-3-5-6-7-8-9-10-11-12-13-14-16(15)4-2/h3-15H2,1-2H3. The van der Waals surface area contributed by atoms with Gasteiger partial charge in [-0.2, -0.15) is 0 Å². The lowest BCUT2D eigenvalue weighted by Crippen LogP contribution is -2.31. The number of nitrogens with two attached hydrogens (primary N) is 1. The normalized spacial score (nSPS) is 11.2. The summed E-state index contributed by atoms with van der Waals surface area (Å²) in [5, 5.41) is 1.91. The zero-order chi connectivity index (χ0) is 12.1. The average Bonchev–Trinajstić information content (AvgIpc) is 2.31. The Balaban J connectivity index is 2.93. The molecule has 0 rings (SSSR count). The van der Waals surface area contributed by atoms with Gasteiger partial charge in [0.05, 0.1) is 0 Å². The maximum Gasteiger partial charge on any atom is 0.0128 e. The van der Waals surface area contributed by atoms with Crippen LogP contribution in [0.25, 0.3) is 0 Å². The van der Waals surface area contributed by atoms with Crippen LogP contribution in [0, 0.1) is 0 Å². The number of rotatable bonds is 12. The van der Waals surface area contributed by atoms with Crippen molar-refractivity contribution in [2.45, 2.75) is 78.1 Å². The third kappa shape index (κ3) is 12.0. The van der Waals surface area contributed by atoms with Crippen LogP contribution in [0.1, 0.15) is 78.1 Å². The van der Waals surface area contributed by atoms with E-state index in [4.69, 9.17) is 5.84 Å². The van der Waals surface area contributed by atoms with Gasteiger partial charge < -0.3 is 0 Å². The van der Waals surface area contributed by atoms with Gasteiger partial charge in [0.25, 0.3) is 0 Å². The first-order chi connectivity index (χ1) is 7.81. The molecule has 0 saturated heterocycles. The van der Waals surface area contributed by atoms with Crippen molar-refractivity contribution in [2.24, 2.45) is 5.84 Å². The van der Waals surface area contributed by atoms with Gasteiger partial charge >= 0.3 is 0 Å². The van der Waals surface area contributed by atoms with Crippen LogP contribution in [-0.4, -0.2) is 18.1 Å². The van der Waals surface area contributed by atoms with Crippen molar-refractivity contribution in [3.63, 3.8) is 0 Å². The molecule has 2 heteroatoms. The fourth-order valence-corrected chi connectivity index (χ4v) is 1.96. The second-order valence-electron chi connectivity index (χ2n) is 4.81. The molecule has 0 aromatic rings. The Bertz CT molecular complexity index is 126. The Labute approximate surface area is 103 Å². The third-order valence-electron chi connectivity index (χ3n) is 3.21. The Morgan fingerprint density at radius 2 is 1.12 bits per heavy atom. The van der Waals surface area contributed by atoms with Gasteiger partial charge in [-0.25, -0.2) is 5.01 Å². The summed E-state index contributed by atoms with van der Waals surface area (Å²) in [6.45, 7) is 6.41. The predicted molar refractivity (Wildman–Crippen MR) is 73.3 cm³/mol. The SMILES string of the molecule is CCCCCCCCCCCCN(N)CC. The molecule has 0 atom stereocenters. The van der Waals surface area contributed by atoms with Crippen LogP contribution >= 0.6 is 0 Å². The topological polar surface area (TPSA) is 29.3 Å². The highest BCUT2D eigenvalue weighted by Crippen LogP contribution is 2.10. The maximum absolute atomic E-state index is 5.72. The number of hydrogen-bond donors (Lipinski definition) is 1. The molecule has 2 nitrogen and oxygen atoms in total. The van der Waals surface area contributed by atoms with Crippen LogP contribution in [0.2, 0.25) is 0 Å². The van der Waals surface area contributed by atoms with Gasteiger partial charge in [-0.15, -0.1) is 0 Å². The molecule has 0 spiro atoms. The zero-order valence-corrected chi connectivity index (χ0v) is 11.5. The second-order valence-corrected chi connectivity index (χ2v) is 4.81. The Kier molecular flexibility index (Phi) is 12.9. The van der Waals surface area contributed by atoms with E-state index in [2.05, 4.69) is 13.8 Å². The van der Waals surface area contributed by atoms with E-state index in [-0.39, 0.29) is 0 Å². The van der Waals surface area contributed by atoms with Crippen LogP contribution in [0.15, 0.2) is 0 Å². The van der Waals surface area contributed by atoms with Gasteiger partial charge in [-0.05, 0) is 6.42 Å². The van der Waals surface area contributed by atoms with Gasteiger partial charge in [0.2, 0.25) is 0 Å². The highest BCUT2D eigenvalue weighted by molar-refractivity contribution is 4.49. The van der Waals surface area contributed by atoms with Crippen molar-refractivity contribution in [3.05, 3.63) is 0 Å². The molecule has 2 N–H and O–H groups in total. The molecule has 0 radical (unpaired) electrons.